The number of ether oxygens (including phenoxy) is 1. The molecule has 11 nitrogen and oxygen atoms in total. The Morgan fingerprint density at radius 3 is 2.21 bits per heavy atom. The minimum absolute atomic E-state index is 0. The molecule has 5 N–H and O–H groups in total. The molecule has 0 unspecified atom stereocenters. The van der Waals surface area contributed by atoms with Gasteiger partial charge in [-0.2, -0.15) is 6.41 Å². The zero-order valence-electron chi connectivity index (χ0n) is 23.8. The molecule has 3 rings (SSSR count). The standard InChI is InChI=1S/C27H32FN6O5.C2H6.Fm/c28-23-6-5-19(16-24(30)20-3-1-2-4-21(20)26(31)37)15-22(23)27(38)34-10-8-33(9-11-34)25(36)17-32(18-35)12-14-39-13-7-29;1-2;/h1-6,15,30H,7-14,16-17,29H2,(H2,31,37);1-2H3;/q-1;;. The molecular weight excluding hydrogens is 788 g/mol. The first-order valence-electron chi connectivity index (χ1n) is 13.5. The molecule has 0 bridgehead atoms. The monoisotopic (exact) mass is 826 g/mol. The number of halogens is 1. The van der Waals surface area contributed by atoms with E-state index in [1.165, 1.54) is 34.1 Å². The average molecular weight is 827 g/mol. The summed E-state index contributed by atoms with van der Waals surface area (Å²) in [7, 11) is 0. The summed E-state index contributed by atoms with van der Waals surface area (Å²) in [5, 5.41) is 8.44. The molecule has 0 saturated carbocycles. The molecule has 0 radical (unpaired) electrons. The van der Waals surface area contributed by atoms with Gasteiger partial charge in [0.2, 0.25) is 11.8 Å². The van der Waals surface area contributed by atoms with Gasteiger partial charge in [-0.3, -0.25) is 14.4 Å². The largest absolute Gasteiger partial charge is 0.520 e. The van der Waals surface area contributed by atoms with E-state index in [1.54, 1.807) is 29.5 Å². The number of amides is 4. The van der Waals surface area contributed by atoms with Crippen molar-refractivity contribution in [1.82, 2.24) is 14.7 Å². The van der Waals surface area contributed by atoms with Crippen molar-refractivity contribution < 1.29 is 28.3 Å². The van der Waals surface area contributed by atoms with Gasteiger partial charge < -0.3 is 41.1 Å². The second kappa shape index (κ2) is 17.5. The van der Waals surface area contributed by atoms with Crippen LogP contribution in [0.1, 0.15) is 45.7 Å². The predicted molar refractivity (Wildman–Crippen MR) is 153 cm³/mol. The Balaban J connectivity index is 0.00000288. The Bertz CT molecular complexity index is 1220. The number of benzene rings is 2. The fourth-order valence-corrected chi connectivity index (χ4v) is 4.22. The summed E-state index contributed by atoms with van der Waals surface area (Å²) >= 11 is 0. The van der Waals surface area contributed by atoms with E-state index < -0.39 is 17.6 Å². The summed E-state index contributed by atoms with van der Waals surface area (Å²) in [5.74, 6) is -2.16. The van der Waals surface area contributed by atoms with E-state index in [1.807, 2.05) is 13.8 Å². The van der Waals surface area contributed by atoms with Gasteiger partial charge in [-0.25, -0.2) is 4.39 Å². The third-order valence-electron chi connectivity index (χ3n) is 6.30. The Morgan fingerprint density at radius 2 is 1.62 bits per heavy atom. The van der Waals surface area contributed by atoms with Crippen LogP contribution in [0.3, 0.4) is 0 Å². The molecule has 2 aromatic carbocycles. The molecular formula is C29H38FFmN6O5-. The van der Waals surface area contributed by atoms with Crippen molar-refractivity contribution in [1.29, 1.82) is 5.41 Å². The van der Waals surface area contributed by atoms with Crippen LogP contribution < -0.4 is 11.5 Å². The summed E-state index contributed by atoms with van der Waals surface area (Å²) in [4.78, 5) is 52.8. The molecule has 1 fully saturated rings. The molecule has 1 heterocycles. The molecule has 42 heavy (non-hydrogen) atoms. The van der Waals surface area contributed by atoms with Gasteiger partial charge in [0.1, 0.15) is 5.82 Å². The molecule has 1 aliphatic heterocycles. The van der Waals surface area contributed by atoms with Gasteiger partial charge >= 0.3 is 0 Å². The van der Waals surface area contributed by atoms with Gasteiger partial charge in [0.05, 0.1) is 25.3 Å². The number of piperazine rings is 1. The zero-order chi connectivity index (χ0) is 30.4. The number of primary amides is 1. The predicted octanol–water partition coefficient (Wildman–Crippen LogP) is 1.19. The number of carbonyl (C=O) groups is 3. The summed E-state index contributed by atoms with van der Waals surface area (Å²) in [5.41, 5.74) is 11.8. The van der Waals surface area contributed by atoms with Gasteiger partial charge in [0.15, 0.2) is 0 Å². The van der Waals surface area contributed by atoms with Crippen molar-refractivity contribution >= 4 is 29.8 Å². The Labute approximate surface area is 239 Å². The number of hydrogen-bond donors (Lipinski definition) is 3. The number of hydrogen-bond acceptors (Lipinski definition) is 7. The van der Waals surface area contributed by atoms with Crippen LogP contribution in [0.4, 0.5) is 4.39 Å². The van der Waals surface area contributed by atoms with E-state index >= 15 is 0 Å². The maximum absolute atomic E-state index is 14.7. The second-order valence-electron chi connectivity index (χ2n) is 8.97. The third-order valence-corrected chi connectivity index (χ3v) is 6.30. The van der Waals surface area contributed by atoms with Crippen LogP contribution in [-0.4, -0.2) is 104 Å². The quantitative estimate of drug-likeness (QED) is 0.119. The molecule has 4 amide bonds. The van der Waals surface area contributed by atoms with E-state index in [4.69, 9.17) is 21.6 Å². The van der Waals surface area contributed by atoms with E-state index in [0.717, 1.165) is 0 Å². The van der Waals surface area contributed by atoms with E-state index in [9.17, 15) is 23.6 Å². The molecule has 0 spiro atoms. The Hall–Kier alpha value is -5.16. The average Bonchev–Trinajstić information content (AvgIpc) is 3.00. The van der Waals surface area contributed by atoms with Crippen LogP contribution in [0, 0.1) is 11.2 Å². The molecule has 0 aliphatic carbocycles. The minimum Gasteiger partial charge on any atom is -0.520 e. The van der Waals surface area contributed by atoms with Crippen molar-refractivity contribution in [3.8, 4) is 0 Å². The molecule has 1 saturated heterocycles. The number of nitrogens with two attached hydrogens (primary N) is 2. The van der Waals surface area contributed by atoms with Gasteiger partial charge in [0, 0.05) is 62.5 Å². The van der Waals surface area contributed by atoms with Gasteiger partial charge in [-0.1, -0.05) is 38.1 Å². The first-order chi connectivity index (χ1) is 19.7. The smallest absolute Gasteiger partial charge is 0.256 e. The molecule has 0 aromatic heterocycles. The van der Waals surface area contributed by atoms with Crippen molar-refractivity contribution in [3.63, 3.8) is 0 Å². The molecule has 0 atom stereocenters. The van der Waals surface area contributed by atoms with Gasteiger partial charge in [0.25, 0.3) is 5.91 Å². The Morgan fingerprint density at radius 1 is 1.00 bits per heavy atom. The van der Waals surface area contributed by atoms with Gasteiger partial charge in [-0.15, -0.1) is 0 Å². The number of nitrogens with one attached hydrogen (secondary N) is 1. The summed E-state index contributed by atoms with van der Waals surface area (Å²) in [6, 6.07) is 10.5. The van der Waals surface area contributed by atoms with Crippen molar-refractivity contribution in [2.75, 3.05) is 59.0 Å². The zero-order valence-corrected chi connectivity index (χ0v) is 26.2. The van der Waals surface area contributed by atoms with Crippen LogP contribution >= 0.6 is 0 Å². The summed E-state index contributed by atoms with van der Waals surface area (Å²) in [6.07, 6.45) is 1.79. The van der Waals surface area contributed by atoms with Crippen LogP contribution in [0.15, 0.2) is 42.5 Å². The maximum atomic E-state index is 14.7. The maximum Gasteiger partial charge on any atom is 0.256 e. The molecule has 13 heteroatoms. The fraction of sp³-hybridized carbons (Fsp3) is 0.414. The van der Waals surface area contributed by atoms with Crippen LogP contribution in [0.5, 0.6) is 0 Å². The van der Waals surface area contributed by atoms with E-state index in [0.29, 0.717) is 24.3 Å². The second-order valence-corrected chi connectivity index (χ2v) is 8.97. The minimum atomic E-state index is -0.694. The van der Waals surface area contributed by atoms with Crippen LogP contribution in [-0.2, 0) is 20.7 Å². The fourth-order valence-electron chi connectivity index (χ4n) is 4.22. The molecule has 1 aliphatic rings. The summed E-state index contributed by atoms with van der Waals surface area (Å²) < 4.78 is 19.9. The third kappa shape index (κ3) is 9.49. The topological polar surface area (TPSA) is 163 Å². The van der Waals surface area contributed by atoms with E-state index in [2.05, 4.69) is 0 Å². The number of carbonyl (C=O) groups excluding carboxylic acids is 4. The van der Waals surface area contributed by atoms with Gasteiger partial charge in [-0.05, 0) is 23.8 Å². The van der Waals surface area contributed by atoms with Crippen molar-refractivity contribution in [2.45, 2.75) is 20.3 Å². The van der Waals surface area contributed by atoms with Crippen molar-refractivity contribution in [3.05, 3.63) is 70.5 Å². The number of nitrogens with zero attached hydrogens (tertiary/aromatic N) is 3. The molecule has 234 valence electrons. The first-order valence-corrected chi connectivity index (χ1v) is 13.5. The van der Waals surface area contributed by atoms with Crippen molar-refractivity contribution in [2.24, 2.45) is 11.5 Å². The Kier molecular flexibility index (Phi) is 14.5. The number of rotatable bonds is 13. The SMILES string of the molecule is CC.N=C(Cc1ccc(F)c(C(=O)N2CCN(C(=O)CN([C-]=O)CCOCCN)CC2)c1)c1ccccc1C(N)=O.[Fm]. The summed E-state index contributed by atoms with van der Waals surface area (Å²) in [6.45, 7) is 5.85. The van der Waals surface area contributed by atoms with E-state index in [-0.39, 0.29) is 75.0 Å². The van der Waals surface area contributed by atoms with Crippen LogP contribution in [0.25, 0.3) is 0 Å². The van der Waals surface area contributed by atoms with Crippen LogP contribution in [0.2, 0.25) is 0 Å². The normalized spacial score (nSPS) is 12.4. The molecule has 2 aromatic rings. The first kappa shape index (κ1) is 34.9.